The first-order valence-corrected chi connectivity index (χ1v) is 10.5. The molecule has 5 nitrogen and oxygen atoms in total. The van der Waals surface area contributed by atoms with Gasteiger partial charge >= 0.3 is 0 Å². The number of hydrogen-bond donors (Lipinski definition) is 0. The van der Waals surface area contributed by atoms with E-state index in [1.54, 1.807) is 6.08 Å². The zero-order chi connectivity index (χ0) is 19.7. The first-order valence-electron chi connectivity index (χ1n) is 8.11. The molecule has 1 aliphatic rings. The maximum atomic E-state index is 12.4. The van der Waals surface area contributed by atoms with Crippen molar-refractivity contribution >= 4 is 79.9 Å². The molecule has 0 unspecified atom stereocenters. The topological polar surface area (TPSA) is 53.5 Å². The number of rotatable bonds is 4. The molecular formula is C18H16ClN3O2S3. The average Bonchev–Trinajstić information content (AvgIpc) is 3.09. The van der Waals surface area contributed by atoms with Gasteiger partial charge in [-0.3, -0.25) is 19.4 Å². The summed E-state index contributed by atoms with van der Waals surface area (Å²) in [6.07, 6.45) is 1.69. The zero-order valence-electron chi connectivity index (χ0n) is 14.9. The Morgan fingerprint density at radius 1 is 1.41 bits per heavy atom. The van der Waals surface area contributed by atoms with Crippen molar-refractivity contribution in [2.24, 2.45) is 0 Å². The summed E-state index contributed by atoms with van der Waals surface area (Å²) >= 11 is 14.0. The van der Waals surface area contributed by atoms with Gasteiger partial charge in [0.1, 0.15) is 9.47 Å². The number of thioether (sulfide) groups is 1. The van der Waals surface area contributed by atoms with E-state index in [1.165, 1.54) is 39.8 Å². The number of carbonyl (C=O) groups excluding carboxylic acids is 2. The predicted molar refractivity (Wildman–Crippen MR) is 117 cm³/mol. The van der Waals surface area contributed by atoms with E-state index in [4.69, 9.17) is 23.8 Å². The number of halogens is 1. The molecule has 1 aliphatic heterocycles. The van der Waals surface area contributed by atoms with Crippen molar-refractivity contribution in [1.82, 2.24) is 9.88 Å². The molecule has 2 aromatic rings. The Labute approximate surface area is 176 Å². The standard InChI is InChI=1S/C18H16ClN3O2S3/c1-4-21-16(24)14(27-18(21)25)9-13-15(19)20-17(26-13)22(11(3)23)12-8-6-5-7-10(12)2/h5-9H,4H2,1-3H3/b14-9+. The summed E-state index contributed by atoms with van der Waals surface area (Å²) in [4.78, 5) is 33.2. The minimum atomic E-state index is -0.168. The highest BCUT2D eigenvalue weighted by Crippen LogP contribution is 2.39. The number of thiocarbonyl (C=S) groups is 1. The normalized spacial score (nSPS) is 15.7. The smallest absolute Gasteiger partial charge is 0.266 e. The predicted octanol–water partition coefficient (Wildman–Crippen LogP) is 5.01. The van der Waals surface area contributed by atoms with E-state index in [0.717, 1.165) is 11.3 Å². The van der Waals surface area contributed by atoms with Gasteiger partial charge in [0.05, 0.1) is 15.5 Å². The summed E-state index contributed by atoms with van der Waals surface area (Å²) in [5.74, 6) is -0.306. The van der Waals surface area contributed by atoms with Gasteiger partial charge in [-0.1, -0.05) is 65.1 Å². The second kappa shape index (κ2) is 8.10. The van der Waals surface area contributed by atoms with Crippen molar-refractivity contribution in [3.8, 4) is 0 Å². The molecule has 0 N–H and O–H groups in total. The van der Waals surface area contributed by atoms with Crippen molar-refractivity contribution in [2.45, 2.75) is 20.8 Å². The Morgan fingerprint density at radius 3 is 2.70 bits per heavy atom. The number of aromatic nitrogens is 1. The van der Waals surface area contributed by atoms with Gasteiger partial charge in [-0.2, -0.15) is 0 Å². The molecule has 3 rings (SSSR count). The van der Waals surface area contributed by atoms with E-state index in [2.05, 4.69) is 4.98 Å². The maximum absolute atomic E-state index is 12.4. The van der Waals surface area contributed by atoms with Crippen LogP contribution in [0.4, 0.5) is 10.8 Å². The fourth-order valence-corrected chi connectivity index (χ4v) is 5.30. The highest BCUT2D eigenvalue weighted by atomic mass is 35.5. The summed E-state index contributed by atoms with van der Waals surface area (Å²) in [5, 5.41) is 0.704. The van der Waals surface area contributed by atoms with Gasteiger partial charge in [-0.25, -0.2) is 4.98 Å². The van der Waals surface area contributed by atoms with Crippen LogP contribution in [-0.4, -0.2) is 32.6 Å². The summed E-state index contributed by atoms with van der Waals surface area (Å²) in [7, 11) is 0. The van der Waals surface area contributed by atoms with Gasteiger partial charge in [0.15, 0.2) is 5.13 Å². The van der Waals surface area contributed by atoms with Crippen LogP contribution in [-0.2, 0) is 9.59 Å². The van der Waals surface area contributed by atoms with E-state index in [1.807, 2.05) is 38.1 Å². The van der Waals surface area contributed by atoms with E-state index in [0.29, 0.717) is 25.8 Å². The summed E-state index contributed by atoms with van der Waals surface area (Å²) in [6.45, 7) is 5.80. The second-order valence-corrected chi connectivity index (χ2v) is 8.76. The van der Waals surface area contributed by atoms with E-state index in [9.17, 15) is 9.59 Å². The van der Waals surface area contributed by atoms with Crippen molar-refractivity contribution in [3.63, 3.8) is 0 Å². The highest BCUT2D eigenvalue weighted by Gasteiger charge is 2.31. The van der Waals surface area contributed by atoms with Gasteiger partial charge in [-0.05, 0) is 31.6 Å². The number of likely N-dealkylation sites (N-methyl/N-ethyl adjacent to an activating group) is 1. The third-order valence-corrected chi connectivity index (χ3v) is 6.68. The molecule has 0 spiro atoms. The van der Waals surface area contributed by atoms with E-state index >= 15 is 0 Å². The third kappa shape index (κ3) is 3.94. The van der Waals surface area contributed by atoms with Crippen LogP contribution >= 0.6 is 46.9 Å². The number of thiazole rings is 1. The maximum Gasteiger partial charge on any atom is 0.266 e. The monoisotopic (exact) mass is 437 g/mol. The first kappa shape index (κ1) is 20.0. The molecule has 0 atom stereocenters. The zero-order valence-corrected chi connectivity index (χ0v) is 18.1. The molecule has 0 radical (unpaired) electrons. The highest BCUT2D eigenvalue weighted by molar-refractivity contribution is 8.26. The van der Waals surface area contributed by atoms with Crippen molar-refractivity contribution in [2.75, 3.05) is 11.4 Å². The van der Waals surface area contributed by atoms with Crippen LogP contribution in [0.2, 0.25) is 5.15 Å². The molecule has 140 valence electrons. The molecule has 0 bridgehead atoms. The van der Waals surface area contributed by atoms with Crippen molar-refractivity contribution in [3.05, 3.63) is 44.8 Å². The number of aryl methyl sites for hydroxylation is 1. The number of hydrogen-bond acceptors (Lipinski definition) is 6. The molecule has 1 fully saturated rings. The molecule has 1 aromatic carbocycles. The Bertz CT molecular complexity index is 971. The number of benzene rings is 1. The SMILES string of the molecule is CCN1C(=O)/C(=C\c2sc(N(C(C)=O)c3ccccc3C)nc2Cl)SC1=S. The minimum Gasteiger partial charge on any atom is -0.293 e. The van der Waals surface area contributed by atoms with Crippen LogP contribution in [0.25, 0.3) is 6.08 Å². The number of nitrogens with zero attached hydrogens (tertiary/aromatic N) is 3. The van der Waals surface area contributed by atoms with Crippen molar-refractivity contribution in [1.29, 1.82) is 0 Å². The number of anilines is 2. The van der Waals surface area contributed by atoms with Gasteiger partial charge in [0.25, 0.3) is 5.91 Å². The van der Waals surface area contributed by atoms with Crippen LogP contribution in [0.3, 0.4) is 0 Å². The fourth-order valence-electron chi connectivity index (χ4n) is 2.60. The molecule has 1 saturated heterocycles. The van der Waals surface area contributed by atoms with Gasteiger partial charge in [0.2, 0.25) is 5.91 Å². The summed E-state index contributed by atoms with van der Waals surface area (Å²) in [5.41, 5.74) is 1.70. The third-order valence-electron chi connectivity index (χ3n) is 3.91. The quantitative estimate of drug-likeness (QED) is 0.497. The van der Waals surface area contributed by atoms with Gasteiger partial charge in [0, 0.05) is 13.5 Å². The fraction of sp³-hybridized carbons (Fsp3) is 0.222. The number of amides is 2. The Morgan fingerprint density at radius 2 is 2.11 bits per heavy atom. The lowest BCUT2D eigenvalue weighted by molar-refractivity contribution is -0.122. The lowest BCUT2D eigenvalue weighted by Crippen LogP contribution is -2.27. The van der Waals surface area contributed by atoms with Crippen molar-refractivity contribution < 1.29 is 9.59 Å². The first-order chi connectivity index (χ1) is 12.8. The van der Waals surface area contributed by atoms with Crippen LogP contribution in [0, 0.1) is 6.92 Å². The molecular weight excluding hydrogens is 422 g/mol. The van der Waals surface area contributed by atoms with Crippen LogP contribution in [0.5, 0.6) is 0 Å². The lowest BCUT2D eigenvalue weighted by atomic mass is 10.2. The molecule has 27 heavy (non-hydrogen) atoms. The Balaban J connectivity index is 2.00. The summed E-state index contributed by atoms with van der Waals surface area (Å²) in [6, 6.07) is 7.56. The van der Waals surface area contributed by atoms with E-state index < -0.39 is 0 Å². The lowest BCUT2D eigenvalue weighted by Gasteiger charge is -2.19. The van der Waals surface area contributed by atoms with E-state index in [-0.39, 0.29) is 17.0 Å². The number of para-hydroxylation sites is 1. The molecule has 1 aromatic heterocycles. The van der Waals surface area contributed by atoms with Crippen LogP contribution in [0.1, 0.15) is 24.3 Å². The van der Waals surface area contributed by atoms with Gasteiger partial charge in [-0.15, -0.1) is 0 Å². The molecule has 0 saturated carbocycles. The molecule has 0 aliphatic carbocycles. The molecule has 2 heterocycles. The summed E-state index contributed by atoms with van der Waals surface area (Å²) < 4.78 is 0.528. The van der Waals surface area contributed by atoms with Crippen LogP contribution in [0.15, 0.2) is 29.2 Å². The molecule has 9 heteroatoms. The average molecular weight is 438 g/mol. The largest absolute Gasteiger partial charge is 0.293 e. The Kier molecular flexibility index (Phi) is 6.00. The molecule has 2 amide bonds. The second-order valence-electron chi connectivity index (χ2n) is 5.72. The minimum absolute atomic E-state index is 0.138. The van der Waals surface area contributed by atoms with Gasteiger partial charge < -0.3 is 0 Å². The Hall–Kier alpha value is -1.74. The van der Waals surface area contributed by atoms with Crippen LogP contribution < -0.4 is 4.90 Å². The number of carbonyl (C=O) groups is 2.